The fourth-order valence-electron chi connectivity index (χ4n) is 2.40. The Morgan fingerprint density at radius 3 is 2.52 bits per heavy atom. The molecule has 0 saturated heterocycles. The minimum atomic E-state index is 0.358. The molecule has 0 N–H and O–H groups in total. The van der Waals surface area contributed by atoms with Crippen molar-refractivity contribution in [1.82, 2.24) is 0 Å². The van der Waals surface area contributed by atoms with E-state index in [9.17, 15) is 0 Å². The van der Waals surface area contributed by atoms with Gasteiger partial charge < -0.3 is 4.74 Å². The van der Waals surface area contributed by atoms with Crippen molar-refractivity contribution in [3.05, 3.63) is 90.3 Å². The fourth-order valence-corrected chi connectivity index (χ4v) is 4.14. The summed E-state index contributed by atoms with van der Waals surface area (Å²) in [6, 6.07) is 17.2. The van der Waals surface area contributed by atoms with E-state index in [4.69, 9.17) is 27.9 Å². The Morgan fingerprint density at radius 2 is 1.78 bits per heavy atom. The van der Waals surface area contributed by atoms with Crippen LogP contribution in [0.3, 0.4) is 0 Å². The number of benzene rings is 3. The van der Waals surface area contributed by atoms with Gasteiger partial charge in [-0.1, -0.05) is 63.4 Å². The van der Waals surface area contributed by atoms with Crippen LogP contribution in [-0.4, -0.2) is 6.21 Å². The molecule has 0 spiro atoms. The second kappa shape index (κ2) is 9.24. The predicted octanol–water partition coefficient (Wildman–Crippen LogP) is 8.16. The SMILES string of the molecule is Cc1ccc(N=Cc2cc(Br)cc(Br)c2OCc2ccccc2Cl)cc1Cl. The zero-order valence-corrected chi connectivity index (χ0v) is 19.0. The molecule has 0 aliphatic carbocycles. The molecule has 2 nitrogen and oxygen atoms in total. The minimum absolute atomic E-state index is 0.358. The number of ether oxygens (including phenoxy) is 1. The van der Waals surface area contributed by atoms with E-state index in [1.54, 1.807) is 6.21 Å². The van der Waals surface area contributed by atoms with Gasteiger partial charge in [-0.2, -0.15) is 0 Å². The highest BCUT2D eigenvalue weighted by Crippen LogP contribution is 2.33. The molecule has 3 rings (SSSR count). The van der Waals surface area contributed by atoms with Crippen LogP contribution in [0.15, 0.2) is 68.5 Å². The highest BCUT2D eigenvalue weighted by Gasteiger charge is 2.10. The number of rotatable bonds is 5. The maximum absolute atomic E-state index is 6.23. The zero-order valence-electron chi connectivity index (χ0n) is 14.3. The Hall–Kier alpha value is -1.33. The van der Waals surface area contributed by atoms with Gasteiger partial charge in [-0.05, 0) is 58.7 Å². The molecule has 0 saturated carbocycles. The summed E-state index contributed by atoms with van der Waals surface area (Å²) in [5.74, 6) is 0.695. The lowest BCUT2D eigenvalue weighted by atomic mass is 10.2. The first kappa shape index (κ1) is 20.4. The molecule has 0 heterocycles. The van der Waals surface area contributed by atoms with E-state index >= 15 is 0 Å². The van der Waals surface area contributed by atoms with Gasteiger partial charge in [0.05, 0.1) is 10.2 Å². The molecule has 0 atom stereocenters. The molecule has 138 valence electrons. The summed E-state index contributed by atoms with van der Waals surface area (Å²) >= 11 is 19.5. The highest BCUT2D eigenvalue weighted by atomic mass is 79.9. The van der Waals surface area contributed by atoms with Gasteiger partial charge in [0.1, 0.15) is 12.4 Å². The van der Waals surface area contributed by atoms with E-state index in [0.717, 1.165) is 31.3 Å². The average Bonchev–Trinajstić information content (AvgIpc) is 2.63. The number of nitrogens with zero attached hydrogens (tertiary/aromatic N) is 1. The van der Waals surface area contributed by atoms with E-state index in [-0.39, 0.29) is 0 Å². The first-order valence-corrected chi connectivity index (χ1v) is 10.4. The van der Waals surface area contributed by atoms with Crippen molar-refractivity contribution in [2.75, 3.05) is 0 Å². The van der Waals surface area contributed by atoms with Crippen LogP contribution in [0.5, 0.6) is 5.75 Å². The van der Waals surface area contributed by atoms with Crippen LogP contribution in [0.4, 0.5) is 5.69 Å². The van der Waals surface area contributed by atoms with Crippen molar-refractivity contribution in [3.63, 3.8) is 0 Å². The number of hydrogen-bond acceptors (Lipinski definition) is 2. The number of aliphatic imine (C=N–C) groups is 1. The Morgan fingerprint density at radius 1 is 1.00 bits per heavy atom. The van der Waals surface area contributed by atoms with Crippen molar-refractivity contribution in [2.24, 2.45) is 4.99 Å². The molecule has 0 unspecified atom stereocenters. The van der Waals surface area contributed by atoms with Gasteiger partial charge in [0.25, 0.3) is 0 Å². The number of halogens is 4. The van der Waals surface area contributed by atoms with Crippen LogP contribution >= 0.6 is 55.1 Å². The maximum Gasteiger partial charge on any atom is 0.142 e. The number of hydrogen-bond donors (Lipinski definition) is 0. The predicted molar refractivity (Wildman–Crippen MR) is 121 cm³/mol. The van der Waals surface area contributed by atoms with E-state index in [2.05, 4.69) is 36.9 Å². The lowest BCUT2D eigenvalue weighted by Gasteiger charge is -2.13. The first-order valence-electron chi connectivity index (χ1n) is 8.09. The molecule has 0 fully saturated rings. The standard InChI is InChI=1S/C21H15Br2Cl2NO/c1-13-6-7-17(10-20(13)25)26-11-15-8-16(22)9-18(23)21(15)27-12-14-4-2-3-5-19(14)24/h2-11H,12H2,1H3. The van der Waals surface area contributed by atoms with Crippen molar-refractivity contribution in [1.29, 1.82) is 0 Å². The van der Waals surface area contributed by atoms with E-state index in [0.29, 0.717) is 22.4 Å². The van der Waals surface area contributed by atoms with E-state index in [1.165, 1.54) is 0 Å². The van der Waals surface area contributed by atoms with Crippen LogP contribution in [0, 0.1) is 6.92 Å². The molecular weight excluding hydrogens is 513 g/mol. The minimum Gasteiger partial charge on any atom is -0.487 e. The fraction of sp³-hybridized carbons (Fsp3) is 0.0952. The third kappa shape index (κ3) is 5.35. The molecular formula is C21H15Br2Cl2NO. The molecule has 3 aromatic carbocycles. The summed E-state index contributed by atoms with van der Waals surface area (Å²) in [6.07, 6.45) is 1.76. The van der Waals surface area contributed by atoms with Crippen LogP contribution in [0.25, 0.3) is 0 Å². The second-order valence-corrected chi connectivity index (χ2v) is 8.46. The Bertz CT molecular complexity index is 1010. The molecule has 3 aromatic rings. The quantitative estimate of drug-likeness (QED) is 0.307. The molecule has 0 radical (unpaired) electrons. The lowest BCUT2D eigenvalue weighted by molar-refractivity contribution is 0.304. The number of aryl methyl sites for hydroxylation is 1. The molecule has 6 heteroatoms. The van der Waals surface area contributed by atoms with Crippen molar-refractivity contribution in [2.45, 2.75) is 13.5 Å². The second-order valence-electron chi connectivity index (χ2n) is 5.88. The van der Waals surface area contributed by atoms with Gasteiger partial charge in [-0.15, -0.1) is 0 Å². The first-order chi connectivity index (χ1) is 12.9. The molecule has 0 aliphatic heterocycles. The van der Waals surface area contributed by atoms with Gasteiger partial charge in [-0.25, -0.2) is 0 Å². The summed E-state index contributed by atoms with van der Waals surface area (Å²) in [5.41, 5.74) is 3.55. The largest absolute Gasteiger partial charge is 0.487 e. The topological polar surface area (TPSA) is 21.6 Å². The summed E-state index contributed by atoms with van der Waals surface area (Å²) in [5, 5.41) is 1.37. The van der Waals surface area contributed by atoms with Crippen LogP contribution in [0.1, 0.15) is 16.7 Å². The Labute approximate surface area is 185 Å². The Balaban J connectivity index is 1.89. The summed E-state index contributed by atoms with van der Waals surface area (Å²) in [4.78, 5) is 4.54. The van der Waals surface area contributed by atoms with Crippen LogP contribution in [-0.2, 0) is 6.61 Å². The van der Waals surface area contributed by atoms with Gasteiger partial charge in [0.2, 0.25) is 0 Å². The summed E-state index contributed by atoms with van der Waals surface area (Å²) < 4.78 is 7.80. The highest BCUT2D eigenvalue weighted by molar-refractivity contribution is 9.11. The molecule has 0 aromatic heterocycles. The lowest BCUT2D eigenvalue weighted by Crippen LogP contribution is -2.00. The Kier molecular flexibility index (Phi) is 6.99. The van der Waals surface area contributed by atoms with Gasteiger partial charge in [0.15, 0.2) is 0 Å². The monoisotopic (exact) mass is 525 g/mol. The summed E-state index contributed by atoms with van der Waals surface area (Å²) in [6.45, 7) is 2.32. The van der Waals surface area contributed by atoms with E-state index in [1.807, 2.05) is 61.5 Å². The normalized spacial score (nSPS) is 11.1. The van der Waals surface area contributed by atoms with Crippen molar-refractivity contribution in [3.8, 4) is 5.75 Å². The van der Waals surface area contributed by atoms with Crippen LogP contribution in [0.2, 0.25) is 10.0 Å². The molecule has 27 heavy (non-hydrogen) atoms. The average molecular weight is 528 g/mol. The third-order valence-electron chi connectivity index (χ3n) is 3.88. The van der Waals surface area contributed by atoms with E-state index < -0.39 is 0 Å². The molecule has 0 aliphatic rings. The van der Waals surface area contributed by atoms with Gasteiger partial charge in [-0.3, -0.25) is 4.99 Å². The smallest absolute Gasteiger partial charge is 0.142 e. The summed E-state index contributed by atoms with van der Waals surface area (Å²) in [7, 11) is 0. The van der Waals surface area contributed by atoms with Gasteiger partial charge >= 0.3 is 0 Å². The van der Waals surface area contributed by atoms with Crippen molar-refractivity contribution < 1.29 is 4.74 Å². The maximum atomic E-state index is 6.23. The van der Waals surface area contributed by atoms with Gasteiger partial charge in [0, 0.05) is 31.9 Å². The molecule has 0 bridgehead atoms. The third-order valence-corrected chi connectivity index (χ3v) is 5.70. The molecule has 0 amide bonds. The van der Waals surface area contributed by atoms with Crippen molar-refractivity contribution >= 4 is 67.0 Å². The van der Waals surface area contributed by atoms with Crippen LogP contribution < -0.4 is 4.74 Å². The zero-order chi connectivity index (χ0) is 19.4.